The Kier molecular flexibility index (Phi) is 3.46. The van der Waals surface area contributed by atoms with E-state index in [0.29, 0.717) is 19.7 Å². The van der Waals surface area contributed by atoms with Crippen LogP contribution in [0.2, 0.25) is 0 Å². The molecule has 0 aliphatic carbocycles. The third-order valence-corrected chi connectivity index (χ3v) is 2.76. The molecule has 1 aromatic rings. The van der Waals surface area contributed by atoms with Crippen LogP contribution in [0.3, 0.4) is 0 Å². The van der Waals surface area contributed by atoms with E-state index in [1.54, 1.807) is 24.2 Å². The molecule has 1 atom stereocenters. The minimum Gasteiger partial charge on any atom is -0.467 e. The molecule has 1 aliphatic rings. The number of ether oxygens (including phenoxy) is 1. The molecular formula is C12H15NO4. The van der Waals surface area contributed by atoms with Crippen LogP contribution in [-0.4, -0.2) is 29.9 Å². The molecule has 1 unspecified atom stereocenters. The number of carbonyl (C=O) groups excluding carboxylic acids is 2. The van der Waals surface area contributed by atoms with E-state index in [1.807, 2.05) is 6.07 Å². The average Bonchev–Trinajstić information content (AvgIpc) is 2.91. The summed E-state index contributed by atoms with van der Waals surface area (Å²) in [6.45, 7) is 2.94. The Morgan fingerprint density at radius 3 is 3.12 bits per heavy atom. The minimum absolute atomic E-state index is 0.0283. The van der Waals surface area contributed by atoms with Gasteiger partial charge in [0.1, 0.15) is 5.76 Å². The van der Waals surface area contributed by atoms with Crippen LogP contribution in [0.5, 0.6) is 0 Å². The molecular weight excluding hydrogens is 222 g/mol. The first-order chi connectivity index (χ1) is 8.20. The summed E-state index contributed by atoms with van der Waals surface area (Å²) in [7, 11) is 0. The van der Waals surface area contributed by atoms with Gasteiger partial charge in [0.25, 0.3) is 0 Å². The lowest BCUT2D eigenvalue weighted by Crippen LogP contribution is -2.26. The number of amides is 1. The number of nitrogens with zero attached hydrogens (tertiary/aromatic N) is 1. The van der Waals surface area contributed by atoms with Crippen LogP contribution >= 0.6 is 0 Å². The Morgan fingerprint density at radius 1 is 1.65 bits per heavy atom. The molecule has 0 saturated carbocycles. The quantitative estimate of drug-likeness (QED) is 0.738. The van der Waals surface area contributed by atoms with Gasteiger partial charge in [0.15, 0.2) is 0 Å². The summed E-state index contributed by atoms with van der Waals surface area (Å²) < 4.78 is 10.1. The highest BCUT2D eigenvalue weighted by atomic mass is 16.5. The standard InChI is InChI=1S/C12H15NO4/c1-2-16-12(15)9-6-11(14)13(7-9)8-10-4-3-5-17-10/h3-5,9H,2,6-8H2,1H3. The van der Waals surface area contributed by atoms with Crippen molar-refractivity contribution in [1.29, 1.82) is 0 Å². The Balaban J connectivity index is 1.93. The lowest BCUT2D eigenvalue weighted by molar-refractivity contribution is -0.147. The first kappa shape index (κ1) is 11.7. The molecule has 1 aliphatic heterocycles. The van der Waals surface area contributed by atoms with Gasteiger partial charge in [-0.05, 0) is 19.1 Å². The maximum Gasteiger partial charge on any atom is 0.311 e. The summed E-state index contributed by atoms with van der Waals surface area (Å²) in [6.07, 6.45) is 1.80. The second kappa shape index (κ2) is 5.03. The van der Waals surface area contributed by atoms with E-state index in [1.165, 1.54) is 0 Å². The molecule has 2 rings (SSSR count). The zero-order valence-electron chi connectivity index (χ0n) is 9.72. The maximum absolute atomic E-state index is 11.7. The molecule has 0 radical (unpaired) electrons. The van der Waals surface area contributed by atoms with Crippen molar-refractivity contribution < 1.29 is 18.7 Å². The zero-order valence-corrected chi connectivity index (χ0v) is 9.72. The first-order valence-electron chi connectivity index (χ1n) is 5.67. The lowest BCUT2D eigenvalue weighted by atomic mass is 10.1. The highest BCUT2D eigenvalue weighted by molar-refractivity contribution is 5.86. The van der Waals surface area contributed by atoms with E-state index in [2.05, 4.69) is 0 Å². The molecule has 1 fully saturated rings. The summed E-state index contributed by atoms with van der Waals surface area (Å²) >= 11 is 0. The number of hydrogen-bond donors (Lipinski definition) is 0. The predicted molar refractivity (Wildman–Crippen MR) is 58.9 cm³/mol. The van der Waals surface area contributed by atoms with Crippen molar-refractivity contribution in [2.24, 2.45) is 5.92 Å². The highest BCUT2D eigenvalue weighted by Gasteiger charge is 2.35. The van der Waals surface area contributed by atoms with E-state index in [0.717, 1.165) is 5.76 Å². The Hall–Kier alpha value is -1.78. The fraction of sp³-hybridized carbons (Fsp3) is 0.500. The van der Waals surface area contributed by atoms with Gasteiger partial charge in [0, 0.05) is 13.0 Å². The van der Waals surface area contributed by atoms with Gasteiger partial charge in [-0.1, -0.05) is 0 Å². The summed E-state index contributed by atoms with van der Waals surface area (Å²) in [5, 5.41) is 0. The SMILES string of the molecule is CCOC(=O)C1CC(=O)N(Cc2ccco2)C1. The number of furan rings is 1. The topological polar surface area (TPSA) is 59.8 Å². The molecule has 0 spiro atoms. The number of hydrogen-bond acceptors (Lipinski definition) is 4. The second-order valence-corrected chi connectivity index (χ2v) is 4.01. The summed E-state index contributed by atoms with van der Waals surface area (Å²) in [5.74, 6) is 0.0718. The molecule has 17 heavy (non-hydrogen) atoms. The lowest BCUT2D eigenvalue weighted by Gasteiger charge is -2.14. The van der Waals surface area contributed by atoms with Gasteiger partial charge in [-0.15, -0.1) is 0 Å². The van der Waals surface area contributed by atoms with E-state index in [4.69, 9.17) is 9.15 Å². The molecule has 1 amide bonds. The predicted octanol–water partition coefficient (Wildman–Crippen LogP) is 1.19. The fourth-order valence-corrected chi connectivity index (χ4v) is 1.93. The molecule has 5 nitrogen and oxygen atoms in total. The van der Waals surface area contributed by atoms with Crippen LogP contribution in [0.4, 0.5) is 0 Å². The minimum atomic E-state index is -0.336. The van der Waals surface area contributed by atoms with Crippen LogP contribution < -0.4 is 0 Å². The molecule has 5 heteroatoms. The third kappa shape index (κ3) is 2.67. The van der Waals surface area contributed by atoms with Gasteiger partial charge >= 0.3 is 5.97 Å². The van der Waals surface area contributed by atoms with E-state index in [9.17, 15) is 9.59 Å². The van der Waals surface area contributed by atoms with Gasteiger partial charge in [0.2, 0.25) is 5.91 Å². The van der Waals surface area contributed by atoms with Crippen molar-refractivity contribution in [2.45, 2.75) is 19.9 Å². The molecule has 2 heterocycles. The van der Waals surface area contributed by atoms with Gasteiger partial charge in [-0.2, -0.15) is 0 Å². The van der Waals surface area contributed by atoms with Crippen LogP contribution in [-0.2, 0) is 20.9 Å². The van der Waals surface area contributed by atoms with Crippen molar-refractivity contribution in [1.82, 2.24) is 4.90 Å². The normalized spacial score (nSPS) is 19.7. The van der Waals surface area contributed by atoms with Gasteiger partial charge in [0.05, 0.1) is 25.3 Å². The van der Waals surface area contributed by atoms with Crippen LogP contribution in [0.25, 0.3) is 0 Å². The third-order valence-electron chi connectivity index (χ3n) is 2.76. The Labute approximate surface area is 99.3 Å². The van der Waals surface area contributed by atoms with Crippen LogP contribution in [0.1, 0.15) is 19.1 Å². The van der Waals surface area contributed by atoms with E-state index < -0.39 is 0 Å². The Bertz CT molecular complexity index is 399. The fourth-order valence-electron chi connectivity index (χ4n) is 1.93. The summed E-state index contributed by atoms with van der Waals surface area (Å²) in [5.41, 5.74) is 0. The van der Waals surface area contributed by atoms with E-state index >= 15 is 0 Å². The van der Waals surface area contributed by atoms with Crippen molar-refractivity contribution in [2.75, 3.05) is 13.2 Å². The number of carbonyl (C=O) groups is 2. The van der Waals surface area contributed by atoms with Crippen LogP contribution in [0.15, 0.2) is 22.8 Å². The molecule has 0 N–H and O–H groups in total. The van der Waals surface area contributed by atoms with Crippen molar-refractivity contribution in [3.05, 3.63) is 24.2 Å². The second-order valence-electron chi connectivity index (χ2n) is 4.01. The maximum atomic E-state index is 11.7. The number of rotatable bonds is 4. The van der Waals surface area contributed by atoms with Crippen molar-refractivity contribution in [3.8, 4) is 0 Å². The molecule has 92 valence electrons. The average molecular weight is 237 g/mol. The summed E-state index contributed by atoms with van der Waals surface area (Å²) in [4.78, 5) is 24.8. The summed E-state index contributed by atoms with van der Waals surface area (Å²) in [6, 6.07) is 3.59. The molecule has 0 bridgehead atoms. The smallest absolute Gasteiger partial charge is 0.311 e. The van der Waals surface area contributed by atoms with Gasteiger partial charge < -0.3 is 14.1 Å². The molecule has 1 saturated heterocycles. The van der Waals surface area contributed by atoms with Gasteiger partial charge in [-0.3, -0.25) is 9.59 Å². The number of likely N-dealkylation sites (tertiary alicyclic amines) is 1. The van der Waals surface area contributed by atoms with Crippen molar-refractivity contribution >= 4 is 11.9 Å². The highest BCUT2D eigenvalue weighted by Crippen LogP contribution is 2.21. The largest absolute Gasteiger partial charge is 0.467 e. The molecule has 0 aromatic carbocycles. The van der Waals surface area contributed by atoms with Crippen LogP contribution in [0, 0.1) is 5.92 Å². The van der Waals surface area contributed by atoms with E-state index in [-0.39, 0.29) is 24.2 Å². The monoisotopic (exact) mass is 237 g/mol. The zero-order chi connectivity index (χ0) is 12.3. The number of esters is 1. The van der Waals surface area contributed by atoms with Gasteiger partial charge in [-0.25, -0.2) is 0 Å². The first-order valence-corrected chi connectivity index (χ1v) is 5.67. The van der Waals surface area contributed by atoms with Crippen molar-refractivity contribution in [3.63, 3.8) is 0 Å². The molecule has 1 aromatic heterocycles. The Morgan fingerprint density at radius 2 is 2.47 bits per heavy atom.